The Morgan fingerprint density at radius 2 is 2.12 bits per heavy atom. The second kappa shape index (κ2) is 6.71. The van der Waals surface area contributed by atoms with E-state index in [1.165, 1.54) is 4.90 Å². The smallest absolute Gasteiger partial charge is 0.255 e. The second-order valence-electron chi connectivity index (χ2n) is 2.99. The Hall–Kier alpha value is 0.0600. The molecule has 16 heavy (non-hydrogen) atoms. The first kappa shape index (κ1) is 14.1. The van der Waals surface area contributed by atoms with E-state index in [2.05, 4.69) is 36.8 Å². The first-order valence-corrected chi connectivity index (χ1v) is 6.56. The molecule has 0 aliphatic rings. The van der Waals surface area contributed by atoms with Gasteiger partial charge in [-0.3, -0.25) is 0 Å². The number of nitrogens with zero attached hydrogens (tertiary/aromatic N) is 2. The molecule has 0 aliphatic carbocycles. The van der Waals surface area contributed by atoms with Crippen LogP contribution in [-0.4, -0.2) is 30.4 Å². The molecule has 1 heterocycles. The van der Waals surface area contributed by atoms with Gasteiger partial charge in [0, 0.05) is 23.1 Å². The lowest BCUT2D eigenvalue weighted by molar-refractivity contribution is 0.155. The van der Waals surface area contributed by atoms with Crippen LogP contribution in [0.4, 0.5) is 14.6 Å². The summed E-state index contributed by atoms with van der Waals surface area (Å²) in [5, 5.41) is 0. The molecule has 1 aromatic rings. The molecule has 2 nitrogen and oxygen atoms in total. The van der Waals surface area contributed by atoms with Gasteiger partial charge in [0.25, 0.3) is 6.43 Å². The van der Waals surface area contributed by atoms with Gasteiger partial charge in [0.1, 0.15) is 5.82 Å². The molecule has 0 spiro atoms. The van der Waals surface area contributed by atoms with Crippen molar-refractivity contribution in [1.29, 1.82) is 0 Å². The highest BCUT2D eigenvalue weighted by Crippen LogP contribution is 2.27. The Kier molecular flexibility index (Phi) is 5.92. The van der Waals surface area contributed by atoms with Crippen molar-refractivity contribution in [1.82, 2.24) is 4.98 Å². The third-order valence-corrected chi connectivity index (χ3v) is 2.99. The fraction of sp³-hybridized carbons (Fsp3) is 0.444. The standard InChI is InChI=1S/C9H9Br2ClF2N2/c10-6-3-7(11)9(15-4-6)16(2-1-12)5-8(13)14/h3-4,8H,1-2,5H2. The number of halogens is 5. The van der Waals surface area contributed by atoms with Gasteiger partial charge in [-0.1, -0.05) is 0 Å². The first-order valence-electron chi connectivity index (χ1n) is 4.44. The van der Waals surface area contributed by atoms with E-state index >= 15 is 0 Å². The van der Waals surface area contributed by atoms with E-state index in [0.717, 1.165) is 4.47 Å². The average Bonchev–Trinajstić information content (AvgIpc) is 2.16. The molecule has 1 rings (SSSR count). The van der Waals surface area contributed by atoms with Crippen LogP contribution in [0.1, 0.15) is 0 Å². The molecule has 0 unspecified atom stereocenters. The highest BCUT2D eigenvalue weighted by molar-refractivity contribution is 9.11. The van der Waals surface area contributed by atoms with Crippen LogP contribution in [-0.2, 0) is 0 Å². The molecule has 7 heteroatoms. The Morgan fingerprint density at radius 1 is 1.44 bits per heavy atom. The van der Waals surface area contributed by atoms with Crippen LogP contribution in [0.15, 0.2) is 21.2 Å². The molecular weight excluding hydrogens is 369 g/mol. The summed E-state index contributed by atoms with van der Waals surface area (Å²) in [6, 6.07) is 1.76. The van der Waals surface area contributed by atoms with Crippen molar-refractivity contribution >= 4 is 49.3 Å². The van der Waals surface area contributed by atoms with Crippen LogP contribution in [0.3, 0.4) is 0 Å². The molecule has 0 bridgehead atoms. The molecule has 0 aliphatic heterocycles. The molecule has 0 aromatic carbocycles. The SMILES string of the molecule is FC(F)CN(CCCl)c1ncc(Br)cc1Br. The molecule has 0 saturated carbocycles. The van der Waals surface area contributed by atoms with Gasteiger partial charge in [-0.05, 0) is 37.9 Å². The summed E-state index contributed by atoms with van der Waals surface area (Å²) in [5.41, 5.74) is 0. The van der Waals surface area contributed by atoms with Crippen molar-refractivity contribution < 1.29 is 8.78 Å². The van der Waals surface area contributed by atoms with Crippen LogP contribution >= 0.6 is 43.5 Å². The molecule has 0 amide bonds. The van der Waals surface area contributed by atoms with E-state index in [4.69, 9.17) is 11.6 Å². The molecule has 90 valence electrons. The van der Waals surface area contributed by atoms with Crippen molar-refractivity contribution in [3.8, 4) is 0 Å². The van der Waals surface area contributed by atoms with Crippen LogP contribution < -0.4 is 4.90 Å². The van der Waals surface area contributed by atoms with Gasteiger partial charge in [-0.25, -0.2) is 13.8 Å². The lowest BCUT2D eigenvalue weighted by Gasteiger charge is -2.23. The zero-order valence-electron chi connectivity index (χ0n) is 8.14. The third kappa shape index (κ3) is 4.14. The lowest BCUT2D eigenvalue weighted by atomic mass is 10.4. The molecular formula is C9H9Br2ClF2N2. The zero-order chi connectivity index (χ0) is 12.1. The van der Waals surface area contributed by atoms with Gasteiger partial charge >= 0.3 is 0 Å². The monoisotopic (exact) mass is 376 g/mol. The van der Waals surface area contributed by atoms with Gasteiger partial charge in [0.05, 0.1) is 11.0 Å². The summed E-state index contributed by atoms with van der Waals surface area (Å²) >= 11 is 12.1. The van der Waals surface area contributed by atoms with Gasteiger partial charge < -0.3 is 4.90 Å². The maximum absolute atomic E-state index is 12.4. The minimum atomic E-state index is -2.42. The zero-order valence-corrected chi connectivity index (χ0v) is 12.1. The first-order chi connectivity index (χ1) is 7.54. The summed E-state index contributed by atoms with van der Waals surface area (Å²) in [5.74, 6) is 0.751. The van der Waals surface area contributed by atoms with Crippen molar-refractivity contribution in [3.63, 3.8) is 0 Å². The van der Waals surface area contributed by atoms with E-state index in [9.17, 15) is 8.78 Å². The topological polar surface area (TPSA) is 16.1 Å². The van der Waals surface area contributed by atoms with E-state index in [1.807, 2.05) is 0 Å². The van der Waals surface area contributed by atoms with Gasteiger partial charge in [0.2, 0.25) is 0 Å². The molecule has 0 radical (unpaired) electrons. The van der Waals surface area contributed by atoms with Crippen LogP contribution in [0.25, 0.3) is 0 Å². The van der Waals surface area contributed by atoms with Crippen LogP contribution in [0.2, 0.25) is 0 Å². The Morgan fingerprint density at radius 3 is 2.62 bits per heavy atom. The maximum Gasteiger partial charge on any atom is 0.255 e. The van der Waals surface area contributed by atoms with Crippen LogP contribution in [0.5, 0.6) is 0 Å². The molecule has 0 N–H and O–H groups in total. The minimum absolute atomic E-state index is 0.275. The third-order valence-electron chi connectivity index (χ3n) is 1.80. The Labute approximate surface area is 114 Å². The second-order valence-corrected chi connectivity index (χ2v) is 5.13. The van der Waals surface area contributed by atoms with Crippen molar-refractivity contribution in [3.05, 3.63) is 21.2 Å². The quantitative estimate of drug-likeness (QED) is 0.722. The predicted molar refractivity (Wildman–Crippen MR) is 68.6 cm³/mol. The van der Waals surface area contributed by atoms with Gasteiger partial charge in [-0.15, -0.1) is 11.6 Å². The maximum atomic E-state index is 12.4. The number of hydrogen-bond donors (Lipinski definition) is 0. The van der Waals surface area contributed by atoms with Crippen molar-refractivity contribution in [2.24, 2.45) is 0 Å². The normalized spacial score (nSPS) is 10.9. The minimum Gasteiger partial charge on any atom is -0.349 e. The van der Waals surface area contributed by atoms with E-state index < -0.39 is 6.43 Å². The van der Waals surface area contributed by atoms with E-state index in [0.29, 0.717) is 16.8 Å². The lowest BCUT2D eigenvalue weighted by Crippen LogP contribution is -2.31. The summed E-state index contributed by atoms with van der Waals surface area (Å²) < 4.78 is 26.2. The molecule has 1 aromatic heterocycles. The molecule has 0 fully saturated rings. The Balaban J connectivity index is 2.91. The average molecular weight is 378 g/mol. The summed E-state index contributed by atoms with van der Waals surface area (Å²) in [4.78, 5) is 5.54. The molecule has 0 saturated heterocycles. The number of hydrogen-bond acceptors (Lipinski definition) is 2. The van der Waals surface area contributed by atoms with Crippen molar-refractivity contribution in [2.75, 3.05) is 23.9 Å². The van der Waals surface area contributed by atoms with Crippen molar-refractivity contribution in [2.45, 2.75) is 6.43 Å². The highest BCUT2D eigenvalue weighted by atomic mass is 79.9. The fourth-order valence-electron chi connectivity index (χ4n) is 1.19. The van der Waals surface area contributed by atoms with E-state index in [-0.39, 0.29) is 12.4 Å². The van der Waals surface area contributed by atoms with E-state index in [1.54, 1.807) is 12.3 Å². The van der Waals surface area contributed by atoms with Gasteiger partial charge in [-0.2, -0.15) is 0 Å². The summed E-state index contributed by atoms with van der Waals surface area (Å²) in [6.07, 6.45) is -0.854. The summed E-state index contributed by atoms with van der Waals surface area (Å²) in [7, 11) is 0. The number of pyridine rings is 1. The number of aromatic nitrogens is 1. The fourth-order valence-corrected chi connectivity index (χ4v) is 2.63. The summed E-state index contributed by atoms with van der Waals surface area (Å²) in [6.45, 7) is -0.0426. The predicted octanol–water partition coefficient (Wildman–Crippen LogP) is 3.92. The van der Waals surface area contributed by atoms with Gasteiger partial charge in [0.15, 0.2) is 0 Å². The number of anilines is 1. The Bertz CT molecular complexity index is 352. The largest absolute Gasteiger partial charge is 0.349 e. The molecule has 0 atom stereocenters. The number of rotatable bonds is 5. The highest BCUT2D eigenvalue weighted by Gasteiger charge is 2.16. The number of alkyl halides is 3. The van der Waals surface area contributed by atoms with Crippen LogP contribution in [0, 0.1) is 0 Å².